The van der Waals surface area contributed by atoms with Crippen molar-refractivity contribution in [1.82, 2.24) is 0 Å². The van der Waals surface area contributed by atoms with Crippen LogP contribution in [0.2, 0.25) is 0 Å². The van der Waals surface area contributed by atoms with Crippen LogP contribution >= 0.6 is 0 Å². The summed E-state index contributed by atoms with van der Waals surface area (Å²) in [6, 6.07) is 4.59. The van der Waals surface area contributed by atoms with Gasteiger partial charge in [-0.2, -0.15) is 0 Å². The maximum Gasteiger partial charge on any atom is 0.320 e. The van der Waals surface area contributed by atoms with Crippen molar-refractivity contribution in [2.24, 2.45) is 5.73 Å². The second kappa shape index (κ2) is 17.2. The van der Waals surface area contributed by atoms with Gasteiger partial charge in [-0.25, -0.2) is 0 Å². The van der Waals surface area contributed by atoms with E-state index in [4.69, 9.17) is 10.8 Å². The van der Waals surface area contributed by atoms with E-state index in [1.54, 1.807) is 6.07 Å². The predicted molar refractivity (Wildman–Crippen MR) is 126 cm³/mol. The lowest BCUT2D eigenvalue weighted by atomic mass is 9.98. The number of unbranched alkanes of at least 4 members (excludes halogenated alkanes) is 14. The SMILES string of the molecule is CCCCCCCCCCCCCCCCCc1cccc(CC(N)C(=O)O)c1O. The third kappa shape index (κ3) is 12.2. The average Bonchev–Trinajstić information content (AvgIpc) is 2.73. The fraction of sp³-hybridized carbons (Fsp3) is 0.731. The maximum atomic E-state index is 10.9. The summed E-state index contributed by atoms with van der Waals surface area (Å²) >= 11 is 0. The van der Waals surface area contributed by atoms with Gasteiger partial charge < -0.3 is 15.9 Å². The van der Waals surface area contributed by atoms with Crippen LogP contribution in [0.25, 0.3) is 0 Å². The Morgan fingerprint density at radius 2 is 1.23 bits per heavy atom. The zero-order valence-electron chi connectivity index (χ0n) is 19.2. The van der Waals surface area contributed by atoms with Gasteiger partial charge in [-0.1, -0.05) is 115 Å². The van der Waals surface area contributed by atoms with Crippen molar-refractivity contribution in [3.8, 4) is 5.75 Å². The summed E-state index contributed by atoms with van der Waals surface area (Å²) < 4.78 is 0. The molecular weight excluding hydrogens is 374 g/mol. The van der Waals surface area contributed by atoms with E-state index < -0.39 is 12.0 Å². The molecule has 1 unspecified atom stereocenters. The number of hydrogen-bond donors (Lipinski definition) is 3. The molecular formula is C26H45NO3. The van der Waals surface area contributed by atoms with Gasteiger partial charge in [0.1, 0.15) is 11.8 Å². The smallest absolute Gasteiger partial charge is 0.320 e. The molecule has 0 aliphatic heterocycles. The minimum atomic E-state index is -1.04. The molecule has 0 saturated heterocycles. The number of aryl methyl sites for hydroxylation is 1. The fourth-order valence-electron chi connectivity index (χ4n) is 4.02. The topological polar surface area (TPSA) is 83.6 Å². The number of carbonyl (C=O) groups is 1. The molecule has 1 aromatic carbocycles. The lowest BCUT2D eigenvalue weighted by molar-refractivity contribution is -0.138. The van der Waals surface area contributed by atoms with E-state index in [0.29, 0.717) is 5.56 Å². The van der Waals surface area contributed by atoms with E-state index in [-0.39, 0.29) is 12.2 Å². The first-order valence-corrected chi connectivity index (χ1v) is 12.3. The Hall–Kier alpha value is -1.55. The molecule has 0 fully saturated rings. The van der Waals surface area contributed by atoms with Crippen LogP contribution in [0.15, 0.2) is 18.2 Å². The zero-order valence-corrected chi connectivity index (χ0v) is 19.2. The quantitative estimate of drug-likeness (QED) is 0.216. The number of rotatable bonds is 19. The highest BCUT2D eigenvalue weighted by atomic mass is 16.4. The Labute approximate surface area is 184 Å². The van der Waals surface area contributed by atoms with Gasteiger partial charge in [0.2, 0.25) is 0 Å². The van der Waals surface area contributed by atoms with Crippen molar-refractivity contribution >= 4 is 5.97 Å². The van der Waals surface area contributed by atoms with Gasteiger partial charge in [0.05, 0.1) is 0 Å². The number of para-hydroxylation sites is 1. The molecule has 172 valence electrons. The largest absolute Gasteiger partial charge is 0.507 e. The predicted octanol–water partition coefficient (Wildman–Crippen LogP) is 6.76. The summed E-state index contributed by atoms with van der Waals surface area (Å²) in [6.45, 7) is 2.27. The minimum absolute atomic E-state index is 0.161. The van der Waals surface area contributed by atoms with Gasteiger partial charge >= 0.3 is 5.97 Å². The van der Waals surface area contributed by atoms with Gasteiger partial charge in [0.15, 0.2) is 0 Å². The summed E-state index contributed by atoms with van der Waals surface area (Å²) in [7, 11) is 0. The Balaban J connectivity index is 2.02. The molecule has 0 heterocycles. The molecule has 0 spiro atoms. The molecule has 0 aromatic heterocycles. The van der Waals surface area contributed by atoms with Crippen molar-refractivity contribution in [2.45, 2.75) is 122 Å². The molecule has 0 bridgehead atoms. The number of carboxylic acids is 1. The van der Waals surface area contributed by atoms with E-state index >= 15 is 0 Å². The van der Waals surface area contributed by atoms with Gasteiger partial charge in [-0.3, -0.25) is 4.79 Å². The molecule has 0 saturated carbocycles. The normalized spacial score (nSPS) is 12.2. The highest BCUT2D eigenvalue weighted by molar-refractivity contribution is 5.73. The van der Waals surface area contributed by atoms with Crippen LogP contribution in [-0.2, 0) is 17.6 Å². The number of hydrogen-bond acceptors (Lipinski definition) is 3. The number of benzene rings is 1. The Bertz CT molecular complexity index is 573. The van der Waals surface area contributed by atoms with Gasteiger partial charge in [0, 0.05) is 6.42 Å². The van der Waals surface area contributed by atoms with Crippen molar-refractivity contribution in [3.05, 3.63) is 29.3 Å². The van der Waals surface area contributed by atoms with Crippen LogP contribution in [0.1, 0.15) is 114 Å². The summed E-state index contributed by atoms with van der Waals surface area (Å²) in [5, 5.41) is 19.3. The Morgan fingerprint density at radius 1 is 0.800 bits per heavy atom. The number of nitrogens with two attached hydrogens (primary N) is 1. The lowest BCUT2D eigenvalue weighted by Gasteiger charge is -2.12. The zero-order chi connectivity index (χ0) is 22.0. The van der Waals surface area contributed by atoms with Crippen LogP contribution in [0, 0.1) is 0 Å². The van der Waals surface area contributed by atoms with E-state index in [1.165, 1.54) is 89.9 Å². The highest BCUT2D eigenvalue weighted by Crippen LogP contribution is 2.25. The van der Waals surface area contributed by atoms with Crippen LogP contribution in [0.5, 0.6) is 5.75 Å². The summed E-state index contributed by atoms with van der Waals surface area (Å²) in [5.41, 5.74) is 7.12. The molecule has 0 aliphatic carbocycles. The third-order valence-electron chi connectivity index (χ3n) is 6.01. The number of carboxylic acid groups (broad SMARTS) is 1. The maximum absolute atomic E-state index is 10.9. The molecule has 0 aliphatic rings. The van der Waals surface area contributed by atoms with Crippen LogP contribution in [0.4, 0.5) is 0 Å². The average molecular weight is 420 g/mol. The van der Waals surface area contributed by atoms with Crippen LogP contribution in [0.3, 0.4) is 0 Å². The lowest BCUT2D eigenvalue weighted by Crippen LogP contribution is -2.32. The number of aromatic hydroxyl groups is 1. The van der Waals surface area contributed by atoms with E-state index in [9.17, 15) is 9.90 Å². The molecule has 4 nitrogen and oxygen atoms in total. The summed E-state index contributed by atoms with van der Waals surface area (Å²) in [5.74, 6) is -0.818. The van der Waals surface area contributed by atoms with Crippen LogP contribution < -0.4 is 5.73 Å². The molecule has 0 amide bonds. The first kappa shape index (κ1) is 26.5. The number of phenols is 1. The molecule has 4 heteroatoms. The molecule has 30 heavy (non-hydrogen) atoms. The van der Waals surface area contributed by atoms with Crippen LogP contribution in [-0.4, -0.2) is 22.2 Å². The second-order valence-electron chi connectivity index (χ2n) is 8.77. The highest BCUT2D eigenvalue weighted by Gasteiger charge is 2.15. The third-order valence-corrected chi connectivity index (χ3v) is 6.01. The second-order valence-corrected chi connectivity index (χ2v) is 8.77. The first-order valence-electron chi connectivity index (χ1n) is 12.3. The Morgan fingerprint density at radius 3 is 1.70 bits per heavy atom. The van der Waals surface area contributed by atoms with Gasteiger partial charge in [-0.05, 0) is 24.0 Å². The van der Waals surface area contributed by atoms with E-state index in [2.05, 4.69) is 6.92 Å². The van der Waals surface area contributed by atoms with Crippen molar-refractivity contribution in [3.63, 3.8) is 0 Å². The van der Waals surface area contributed by atoms with Crippen molar-refractivity contribution < 1.29 is 15.0 Å². The molecule has 0 radical (unpaired) electrons. The Kier molecular flexibility index (Phi) is 15.2. The van der Waals surface area contributed by atoms with Gasteiger partial charge in [-0.15, -0.1) is 0 Å². The molecule has 1 rings (SSSR count). The van der Waals surface area contributed by atoms with Crippen molar-refractivity contribution in [1.29, 1.82) is 0 Å². The fourth-order valence-corrected chi connectivity index (χ4v) is 4.02. The number of phenolic OH excluding ortho intramolecular Hbond substituents is 1. The first-order chi connectivity index (χ1) is 14.6. The number of aliphatic carboxylic acids is 1. The molecule has 1 atom stereocenters. The monoisotopic (exact) mass is 419 g/mol. The van der Waals surface area contributed by atoms with E-state index in [0.717, 1.165) is 18.4 Å². The minimum Gasteiger partial charge on any atom is -0.507 e. The standard InChI is InChI=1S/C26H45NO3/c1-2-3-4-5-6-7-8-9-10-11-12-13-14-15-16-18-22-19-17-20-23(25(22)28)21-24(27)26(29)30/h17,19-20,24,28H,2-16,18,21,27H2,1H3,(H,29,30). The molecule has 4 N–H and O–H groups in total. The van der Waals surface area contributed by atoms with E-state index in [1.807, 2.05) is 12.1 Å². The summed E-state index contributed by atoms with van der Waals surface area (Å²) in [4.78, 5) is 10.9. The summed E-state index contributed by atoms with van der Waals surface area (Å²) in [6.07, 6.45) is 21.1. The van der Waals surface area contributed by atoms with Gasteiger partial charge in [0.25, 0.3) is 0 Å². The molecule has 1 aromatic rings. The van der Waals surface area contributed by atoms with Crippen molar-refractivity contribution in [2.75, 3.05) is 0 Å².